The van der Waals surface area contributed by atoms with Gasteiger partial charge in [-0.05, 0) is 101 Å². The molecule has 0 saturated carbocycles. The molecule has 6 aromatic rings. The van der Waals surface area contributed by atoms with Crippen LogP contribution in [-0.4, -0.2) is 14.8 Å². The van der Waals surface area contributed by atoms with Gasteiger partial charge >= 0.3 is 0 Å². The second-order valence-corrected chi connectivity index (χ2v) is 15.0. The van der Waals surface area contributed by atoms with E-state index in [2.05, 4.69) is 94.6 Å². The third-order valence-corrected chi connectivity index (χ3v) is 9.59. The molecular weight excluding hydrogens is 625 g/mol. The summed E-state index contributed by atoms with van der Waals surface area (Å²) in [6.07, 6.45) is 0. The molecular formula is C40H42N8S. The monoisotopic (exact) mass is 666 g/mol. The molecule has 0 unspecified atom stereocenters. The number of nitrogens with one attached hydrogen (secondary N) is 2. The van der Waals surface area contributed by atoms with Crippen LogP contribution in [0.25, 0.3) is 15.3 Å². The fourth-order valence-corrected chi connectivity index (χ4v) is 7.34. The number of anilines is 4. The zero-order chi connectivity index (χ0) is 35.2. The maximum Gasteiger partial charge on any atom is 0.213 e. The SMILES string of the molecule is Cc1cc(C)c(Nc2cc(C)c(N=Nc3c(C#N)c(C(C)(C)C)nn3-c3nc4ccccc4s3)c(Nc3c(C)cc(C)cc3C)c2)c(C)c1. The van der Waals surface area contributed by atoms with E-state index in [0.29, 0.717) is 27.9 Å². The minimum Gasteiger partial charge on any atom is -0.355 e. The number of benzene rings is 4. The standard InChI is InChI=1S/C40H42N8S/c1-22-15-24(3)34(25(4)16-22)42-29-19-28(7)36(32(20-29)43-35-26(5)17-23(2)18-27(35)6)45-46-38-30(21-41)37(40(8,9)10)47-48(38)39-44-31-13-11-12-14-33(31)49-39/h11-20,42-43H,1-10H3. The molecule has 0 radical (unpaired) electrons. The normalized spacial score (nSPS) is 11.8. The summed E-state index contributed by atoms with van der Waals surface area (Å²) in [5, 5.41) is 33.1. The molecule has 0 atom stereocenters. The van der Waals surface area contributed by atoms with Crippen molar-refractivity contribution < 1.29 is 0 Å². The van der Waals surface area contributed by atoms with Crippen molar-refractivity contribution in [1.82, 2.24) is 14.8 Å². The summed E-state index contributed by atoms with van der Waals surface area (Å²) >= 11 is 1.51. The van der Waals surface area contributed by atoms with Crippen LogP contribution >= 0.6 is 11.3 Å². The Labute approximate surface area is 292 Å². The highest BCUT2D eigenvalue weighted by Gasteiger charge is 2.29. The van der Waals surface area contributed by atoms with Crippen molar-refractivity contribution in [2.24, 2.45) is 10.2 Å². The van der Waals surface area contributed by atoms with Gasteiger partial charge < -0.3 is 10.6 Å². The molecule has 2 N–H and O–H groups in total. The number of para-hydroxylation sites is 1. The molecule has 8 nitrogen and oxygen atoms in total. The Morgan fingerprint density at radius 2 is 1.35 bits per heavy atom. The first-order valence-corrected chi connectivity index (χ1v) is 17.2. The summed E-state index contributed by atoms with van der Waals surface area (Å²) in [7, 11) is 0. The third kappa shape index (κ3) is 6.70. The van der Waals surface area contributed by atoms with Crippen LogP contribution in [0.5, 0.6) is 0 Å². The molecule has 2 aromatic heterocycles. The van der Waals surface area contributed by atoms with E-state index < -0.39 is 5.41 Å². The molecule has 0 bridgehead atoms. The van der Waals surface area contributed by atoms with Crippen LogP contribution in [0.1, 0.15) is 71.0 Å². The number of hydrogen-bond donors (Lipinski definition) is 2. The van der Waals surface area contributed by atoms with Gasteiger partial charge in [0.2, 0.25) is 5.13 Å². The first-order chi connectivity index (χ1) is 23.2. The number of fused-ring (bicyclic) bond motifs is 1. The Morgan fingerprint density at radius 3 is 1.92 bits per heavy atom. The second kappa shape index (κ2) is 12.9. The summed E-state index contributed by atoms with van der Waals surface area (Å²) in [6.45, 7) is 20.9. The zero-order valence-electron chi connectivity index (χ0n) is 29.9. The van der Waals surface area contributed by atoms with Gasteiger partial charge in [-0.2, -0.15) is 15.0 Å². The van der Waals surface area contributed by atoms with Gasteiger partial charge in [0, 0.05) is 22.5 Å². The van der Waals surface area contributed by atoms with Crippen molar-refractivity contribution in [3.8, 4) is 11.2 Å². The van der Waals surface area contributed by atoms with E-state index >= 15 is 0 Å². The van der Waals surface area contributed by atoms with Crippen molar-refractivity contribution in [2.45, 2.75) is 74.7 Å². The van der Waals surface area contributed by atoms with Crippen LogP contribution in [0.4, 0.5) is 34.3 Å². The average Bonchev–Trinajstić information content (AvgIpc) is 3.61. The summed E-state index contributed by atoms with van der Waals surface area (Å²) < 4.78 is 2.70. The summed E-state index contributed by atoms with van der Waals surface area (Å²) in [6, 6.07) is 23.2. The van der Waals surface area contributed by atoms with Crippen LogP contribution in [0, 0.1) is 59.8 Å². The van der Waals surface area contributed by atoms with Crippen LogP contribution in [-0.2, 0) is 5.41 Å². The minimum absolute atomic E-state index is 0.354. The van der Waals surface area contributed by atoms with Gasteiger partial charge in [-0.25, -0.2) is 4.98 Å². The predicted molar refractivity (Wildman–Crippen MR) is 203 cm³/mol. The van der Waals surface area contributed by atoms with Crippen LogP contribution in [0.2, 0.25) is 0 Å². The molecule has 9 heteroatoms. The van der Waals surface area contributed by atoms with Gasteiger partial charge in [0.25, 0.3) is 0 Å². The Kier molecular flexibility index (Phi) is 8.86. The van der Waals surface area contributed by atoms with Crippen LogP contribution in [0.15, 0.2) is 70.9 Å². The number of nitriles is 1. The number of nitrogens with zero attached hydrogens (tertiary/aromatic N) is 6. The van der Waals surface area contributed by atoms with Crippen molar-refractivity contribution >= 4 is 55.8 Å². The number of aromatic nitrogens is 3. The molecule has 0 spiro atoms. The highest BCUT2D eigenvalue weighted by atomic mass is 32.1. The fourth-order valence-electron chi connectivity index (χ4n) is 6.42. The van der Waals surface area contributed by atoms with E-state index in [4.69, 9.17) is 20.3 Å². The van der Waals surface area contributed by atoms with Crippen molar-refractivity contribution in [3.05, 3.63) is 111 Å². The van der Waals surface area contributed by atoms with Gasteiger partial charge in [-0.3, -0.25) is 0 Å². The second-order valence-electron chi connectivity index (χ2n) is 14.0. The molecule has 248 valence electrons. The largest absolute Gasteiger partial charge is 0.355 e. The van der Waals surface area contributed by atoms with Gasteiger partial charge in [0.1, 0.15) is 17.3 Å². The number of aryl methyl sites for hydroxylation is 7. The first kappa shape index (κ1) is 33.6. The fraction of sp³-hybridized carbons (Fsp3) is 0.275. The maximum absolute atomic E-state index is 10.4. The molecule has 0 aliphatic carbocycles. The molecule has 2 heterocycles. The summed E-state index contributed by atoms with van der Waals surface area (Å²) in [4.78, 5) is 4.85. The van der Waals surface area contributed by atoms with Crippen molar-refractivity contribution in [1.29, 1.82) is 5.26 Å². The Morgan fingerprint density at radius 1 is 0.755 bits per heavy atom. The molecule has 0 fully saturated rings. The lowest BCUT2D eigenvalue weighted by atomic mass is 9.90. The molecule has 4 aromatic carbocycles. The average molecular weight is 667 g/mol. The van der Waals surface area contributed by atoms with E-state index in [1.165, 1.54) is 33.6 Å². The summed E-state index contributed by atoms with van der Waals surface area (Å²) in [5.41, 5.74) is 14.0. The molecule has 6 rings (SSSR count). The number of hydrogen-bond acceptors (Lipinski definition) is 8. The van der Waals surface area contributed by atoms with Gasteiger partial charge in [0.15, 0.2) is 5.82 Å². The van der Waals surface area contributed by atoms with Gasteiger partial charge in [0.05, 0.1) is 21.6 Å². The number of azo groups is 1. The smallest absolute Gasteiger partial charge is 0.213 e. The van der Waals surface area contributed by atoms with Gasteiger partial charge in [-0.1, -0.05) is 79.6 Å². The maximum atomic E-state index is 10.4. The Balaban J connectivity index is 1.52. The lowest BCUT2D eigenvalue weighted by Crippen LogP contribution is -2.14. The number of thiazole rings is 1. The van der Waals surface area contributed by atoms with Crippen LogP contribution in [0.3, 0.4) is 0 Å². The molecule has 49 heavy (non-hydrogen) atoms. The quantitative estimate of drug-likeness (QED) is 0.165. The lowest BCUT2D eigenvalue weighted by molar-refractivity contribution is 0.559. The molecule has 0 amide bonds. The van der Waals surface area contributed by atoms with Crippen molar-refractivity contribution in [3.63, 3.8) is 0 Å². The lowest BCUT2D eigenvalue weighted by Gasteiger charge is -2.19. The number of rotatable bonds is 7. The van der Waals surface area contributed by atoms with Crippen molar-refractivity contribution in [2.75, 3.05) is 10.6 Å². The third-order valence-electron chi connectivity index (χ3n) is 8.58. The minimum atomic E-state index is -0.403. The Hall–Kier alpha value is -5.33. The van der Waals surface area contributed by atoms with Gasteiger partial charge in [-0.15, -0.1) is 10.2 Å². The summed E-state index contributed by atoms with van der Waals surface area (Å²) in [5.74, 6) is 0.354. The topological polar surface area (TPSA) is 103 Å². The highest BCUT2D eigenvalue weighted by molar-refractivity contribution is 7.20. The highest BCUT2D eigenvalue weighted by Crippen LogP contribution is 2.41. The zero-order valence-corrected chi connectivity index (χ0v) is 30.7. The van der Waals surface area contributed by atoms with E-state index in [9.17, 15) is 5.26 Å². The first-order valence-electron chi connectivity index (χ1n) is 16.4. The van der Waals surface area contributed by atoms with E-state index in [1.807, 2.05) is 52.0 Å². The van der Waals surface area contributed by atoms with Crippen LogP contribution < -0.4 is 10.6 Å². The molecule has 0 saturated heterocycles. The van der Waals surface area contributed by atoms with E-state index in [-0.39, 0.29) is 0 Å². The molecule has 0 aliphatic heterocycles. The molecule has 0 aliphatic rings. The van der Waals surface area contributed by atoms with E-state index in [1.54, 1.807) is 4.68 Å². The predicted octanol–water partition coefficient (Wildman–Crippen LogP) is 11.7. The Bertz CT molecular complexity index is 2230. The van der Waals surface area contributed by atoms with E-state index in [0.717, 1.165) is 49.7 Å².